The number of halogens is 1. The van der Waals surface area contributed by atoms with Gasteiger partial charge in [-0.1, -0.05) is 12.1 Å². The van der Waals surface area contributed by atoms with Crippen LogP contribution < -0.4 is 11.1 Å². The summed E-state index contributed by atoms with van der Waals surface area (Å²) in [5.41, 5.74) is 6.06. The zero-order valence-electron chi connectivity index (χ0n) is 9.93. The Balaban J connectivity index is 2.43. The number of nitrogens with two attached hydrogens (primary N) is 1. The minimum absolute atomic E-state index is 0.242. The number of amides is 3. The van der Waals surface area contributed by atoms with Crippen LogP contribution in [-0.2, 0) is 11.3 Å². The summed E-state index contributed by atoms with van der Waals surface area (Å²) in [4.78, 5) is 23.3. The van der Waals surface area contributed by atoms with Crippen molar-refractivity contribution >= 4 is 12.4 Å². The molecule has 6 heteroatoms. The Kier molecular flexibility index (Phi) is 5.79. The van der Waals surface area contributed by atoms with Gasteiger partial charge in [-0.05, 0) is 30.7 Å². The van der Waals surface area contributed by atoms with E-state index < -0.39 is 6.03 Å². The molecule has 0 aliphatic carbocycles. The normalized spacial score (nSPS) is 9.89. The number of imide groups is 1. The lowest BCUT2D eigenvalue weighted by molar-refractivity contribution is -0.115. The molecule has 0 heterocycles. The van der Waals surface area contributed by atoms with Gasteiger partial charge in [-0.2, -0.15) is 0 Å². The third kappa shape index (κ3) is 4.50. The molecule has 0 aromatic heterocycles. The summed E-state index contributed by atoms with van der Waals surface area (Å²) in [6.45, 7) is 0.941. The number of hydrogen-bond acceptors (Lipinski definition) is 3. The van der Waals surface area contributed by atoms with Crippen LogP contribution in [0.4, 0.5) is 9.18 Å². The predicted octanol–water partition coefficient (Wildman–Crippen LogP) is 0.842. The van der Waals surface area contributed by atoms with Crippen molar-refractivity contribution in [2.24, 2.45) is 5.73 Å². The van der Waals surface area contributed by atoms with Gasteiger partial charge in [0.15, 0.2) is 0 Å². The summed E-state index contributed by atoms with van der Waals surface area (Å²) in [6.07, 6.45) is 1.03. The van der Waals surface area contributed by atoms with Crippen LogP contribution in [0.3, 0.4) is 0 Å². The molecule has 0 radical (unpaired) electrons. The first-order valence-electron chi connectivity index (χ1n) is 5.61. The summed E-state index contributed by atoms with van der Waals surface area (Å²) in [5, 5.41) is 2.57. The largest absolute Gasteiger partial charge is 0.334 e. The summed E-state index contributed by atoms with van der Waals surface area (Å²) >= 11 is 0. The van der Waals surface area contributed by atoms with E-state index >= 15 is 0 Å². The quantitative estimate of drug-likeness (QED) is 0.738. The molecule has 0 unspecified atom stereocenters. The molecule has 3 amide bonds. The average Bonchev–Trinajstić information content (AvgIpc) is 2.39. The molecular formula is C12H16FN3O2. The van der Waals surface area contributed by atoms with Gasteiger partial charge in [-0.3, -0.25) is 9.69 Å². The SMILES string of the molecule is NCCCN(C=O)C(=O)NCc1ccc(F)cc1. The van der Waals surface area contributed by atoms with E-state index in [1.54, 1.807) is 12.1 Å². The van der Waals surface area contributed by atoms with Gasteiger partial charge in [0.25, 0.3) is 0 Å². The van der Waals surface area contributed by atoms with Gasteiger partial charge in [-0.15, -0.1) is 0 Å². The first kappa shape index (κ1) is 14.1. The van der Waals surface area contributed by atoms with Crippen LogP contribution in [0.5, 0.6) is 0 Å². The third-order valence-corrected chi connectivity index (χ3v) is 2.35. The van der Waals surface area contributed by atoms with Crippen LogP contribution in [0.2, 0.25) is 0 Å². The Bertz CT molecular complexity index is 395. The van der Waals surface area contributed by atoms with Crippen LogP contribution in [0.15, 0.2) is 24.3 Å². The summed E-state index contributed by atoms with van der Waals surface area (Å²) < 4.78 is 12.7. The van der Waals surface area contributed by atoms with Gasteiger partial charge in [0.2, 0.25) is 6.41 Å². The molecule has 0 aliphatic heterocycles. The lowest BCUT2D eigenvalue weighted by Gasteiger charge is -2.15. The highest BCUT2D eigenvalue weighted by Crippen LogP contribution is 2.02. The Morgan fingerprint density at radius 2 is 2.06 bits per heavy atom. The van der Waals surface area contributed by atoms with Crippen molar-refractivity contribution in [3.05, 3.63) is 35.6 Å². The van der Waals surface area contributed by atoms with E-state index in [1.165, 1.54) is 12.1 Å². The molecule has 0 fully saturated rings. The molecule has 1 aromatic carbocycles. The number of benzene rings is 1. The highest BCUT2D eigenvalue weighted by atomic mass is 19.1. The monoisotopic (exact) mass is 253 g/mol. The van der Waals surface area contributed by atoms with Gasteiger partial charge in [0.1, 0.15) is 5.82 Å². The molecule has 18 heavy (non-hydrogen) atoms. The molecule has 98 valence electrons. The van der Waals surface area contributed by atoms with Crippen LogP contribution in [0.25, 0.3) is 0 Å². The topological polar surface area (TPSA) is 75.4 Å². The molecule has 0 bridgehead atoms. The summed E-state index contributed by atoms with van der Waals surface area (Å²) in [5.74, 6) is -0.331. The summed E-state index contributed by atoms with van der Waals surface area (Å²) in [6, 6.07) is 5.28. The second kappa shape index (κ2) is 7.39. The minimum atomic E-state index is -0.484. The highest BCUT2D eigenvalue weighted by molar-refractivity contribution is 5.84. The van der Waals surface area contributed by atoms with E-state index in [1.807, 2.05) is 0 Å². The number of rotatable bonds is 6. The number of carbonyl (C=O) groups is 2. The minimum Gasteiger partial charge on any atom is -0.334 e. The molecule has 0 spiro atoms. The Hall–Kier alpha value is -1.95. The van der Waals surface area contributed by atoms with Gasteiger partial charge >= 0.3 is 6.03 Å². The predicted molar refractivity (Wildman–Crippen MR) is 65.1 cm³/mol. The zero-order chi connectivity index (χ0) is 13.4. The molecular weight excluding hydrogens is 237 g/mol. The first-order chi connectivity index (χ1) is 8.67. The lowest BCUT2D eigenvalue weighted by Crippen LogP contribution is -2.39. The van der Waals surface area contributed by atoms with Gasteiger partial charge < -0.3 is 11.1 Å². The maximum Gasteiger partial charge on any atom is 0.324 e. The van der Waals surface area contributed by atoms with E-state index in [-0.39, 0.29) is 18.9 Å². The molecule has 1 aromatic rings. The van der Waals surface area contributed by atoms with Crippen molar-refractivity contribution in [3.8, 4) is 0 Å². The highest BCUT2D eigenvalue weighted by Gasteiger charge is 2.10. The fourth-order valence-electron chi connectivity index (χ4n) is 1.35. The molecule has 0 saturated carbocycles. The smallest absolute Gasteiger partial charge is 0.324 e. The Morgan fingerprint density at radius 3 is 2.61 bits per heavy atom. The fourth-order valence-corrected chi connectivity index (χ4v) is 1.35. The second-order valence-electron chi connectivity index (χ2n) is 3.73. The van der Waals surface area contributed by atoms with Gasteiger partial charge in [0.05, 0.1) is 0 Å². The Labute approximate surface area is 105 Å². The number of nitrogens with one attached hydrogen (secondary N) is 1. The standard InChI is InChI=1S/C12H16FN3O2/c13-11-4-2-10(3-5-11)8-15-12(18)16(9-17)7-1-6-14/h2-5,9H,1,6-8,14H2,(H,15,18). The first-order valence-corrected chi connectivity index (χ1v) is 5.61. The number of hydrogen-bond donors (Lipinski definition) is 2. The van der Waals surface area contributed by atoms with Crippen LogP contribution in [-0.4, -0.2) is 30.4 Å². The van der Waals surface area contributed by atoms with Crippen LogP contribution >= 0.6 is 0 Å². The van der Waals surface area contributed by atoms with Crippen molar-refractivity contribution in [2.45, 2.75) is 13.0 Å². The van der Waals surface area contributed by atoms with E-state index in [0.29, 0.717) is 19.4 Å². The molecule has 0 atom stereocenters. The van der Waals surface area contributed by atoms with Crippen molar-refractivity contribution in [1.82, 2.24) is 10.2 Å². The molecule has 5 nitrogen and oxygen atoms in total. The van der Waals surface area contributed by atoms with E-state index in [4.69, 9.17) is 5.73 Å². The lowest BCUT2D eigenvalue weighted by atomic mass is 10.2. The molecule has 3 N–H and O–H groups in total. The van der Waals surface area contributed by atoms with Gasteiger partial charge in [-0.25, -0.2) is 9.18 Å². The van der Waals surface area contributed by atoms with Crippen molar-refractivity contribution in [2.75, 3.05) is 13.1 Å². The number of carbonyl (C=O) groups excluding carboxylic acids is 2. The number of nitrogens with zero attached hydrogens (tertiary/aromatic N) is 1. The van der Waals surface area contributed by atoms with E-state index in [2.05, 4.69) is 5.32 Å². The van der Waals surface area contributed by atoms with Crippen molar-refractivity contribution in [1.29, 1.82) is 0 Å². The maximum atomic E-state index is 12.7. The van der Waals surface area contributed by atoms with E-state index in [0.717, 1.165) is 10.5 Å². The molecule has 0 saturated heterocycles. The van der Waals surface area contributed by atoms with E-state index in [9.17, 15) is 14.0 Å². The second-order valence-corrected chi connectivity index (χ2v) is 3.73. The Morgan fingerprint density at radius 1 is 1.39 bits per heavy atom. The average molecular weight is 253 g/mol. The zero-order valence-corrected chi connectivity index (χ0v) is 9.93. The van der Waals surface area contributed by atoms with Crippen molar-refractivity contribution in [3.63, 3.8) is 0 Å². The molecule has 0 aliphatic rings. The summed E-state index contributed by atoms with van der Waals surface area (Å²) in [7, 11) is 0. The van der Waals surface area contributed by atoms with Gasteiger partial charge in [0, 0.05) is 13.1 Å². The maximum absolute atomic E-state index is 12.7. The molecule has 1 rings (SSSR count). The number of urea groups is 1. The van der Waals surface area contributed by atoms with Crippen molar-refractivity contribution < 1.29 is 14.0 Å². The third-order valence-electron chi connectivity index (χ3n) is 2.35. The van der Waals surface area contributed by atoms with Crippen LogP contribution in [0.1, 0.15) is 12.0 Å². The van der Waals surface area contributed by atoms with Crippen LogP contribution in [0, 0.1) is 5.82 Å². The fraction of sp³-hybridized carbons (Fsp3) is 0.333.